The van der Waals surface area contributed by atoms with Crippen LogP contribution >= 0.6 is 11.6 Å². The van der Waals surface area contributed by atoms with Crippen LogP contribution in [0.5, 0.6) is 0 Å². The molecule has 0 bridgehead atoms. The quantitative estimate of drug-likeness (QED) is 0.445. The number of hydrogen-bond acceptors (Lipinski definition) is 9. The summed E-state index contributed by atoms with van der Waals surface area (Å²) >= 11 is 6.20. The molecule has 0 atom stereocenters. The first-order chi connectivity index (χ1) is 14.5. The van der Waals surface area contributed by atoms with E-state index < -0.39 is 5.91 Å². The molecule has 12 heteroatoms. The molecule has 1 saturated heterocycles. The number of nitrogens with two attached hydrogens (primary N) is 1. The number of nitrogen functional groups attached to an aromatic ring is 1. The molecule has 1 fully saturated rings. The largest absolute Gasteiger partial charge is 0.378 e. The number of benzene rings is 1. The highest BCUT2D eigenvalue weighted by atomic mass is 35.5. The summed E-state index contributed by atoms with van der Waals surface area (Å²) in [5.41, 5.74) is 10.3. The summed E-state index contributed by atoms with van der Waals surface area (Å²) in [6.07, 6.45) is 2.22. The van der Waals surface area contributed by atoms with Gasteiger partial charge in [-0.05, 0) is 49.2 Å². The van der Waals surface area contributed by atoms with Crippen molar-refractivity contribution in [1.29, 1.82) is 0 Å². The van der Waals surface area contributed by atoms with Crippen molar-refractivity contribution in [2.75, 3.05) is 18.8 Å². The number of amides is 1. The van der Waals surface area contributed by atoms with Gasteiger partial charge in [-0.15, -0.1) is 5.10 Å². The van der Waals surface area contributed by atoms with Crippen molar-refractivity contribution in [3.05, 3.63) is 46.2 Å². The monoisotopic (exact) mass is 429 g/mol. The minimum atomic E-state index is -0.511. The molecule has 1 aliphatic heterocycles. The van der Waals surface area contributed by atoms with E-state index in [0.29, 0.717) is 28.5 Å². The summed E-state index contributed by atoms with van der Waals surface area (Å²) in [5, 5.41) is 20.2. The van der Waals surface area contributed by atoms with Crippen LogP contribution in [0.2, 0.25) is 5.02 Å². The number of nitrogens with one attached hydrogen (secondary N) is 1. The molecule has 1 amide bonds. The standard InChI is InChI=1S/C18H20ClN9O2/c1-11(12-6-2-3-7-13(12)19)21-23-18(29)15-14(10-27-8-4-5-9-27)22-26-28(15)17-16(20)24-30-25-17/h2-3,6-7H,4-5,8-10H2,1H3,(H2,20,24)(H,23,29)/b21-11-. The van der Waals surface area contributed by atoms with Crippen LogP contribution in [0.15, 0.2) is 34.0 Å². The molecule has 30 heavy (non-hydrogen) atoms. The number of carbonyl (C=O) groups excluding carboxylic acids is 1. The molecule has 1 aromatic carbocycles. The number of aromatic nitrogens is 5. The third kappa shape index (κ3) is 4.02. The Kier molecular flexibility index (Phi) is 5.72. The first-order valence-electron chi connectivity index (χ1n) is 9.39. The number of hydrogen-bond donors (Lipinski definition) is 2. The second-order valence-electron chi connectivity index (χ2n) is 6.87. The molecule has 3 N–H and O–H groups in total. The highest BCUT2D eigenvalue weighted by molar-refractivity contribution is 6.34. The van der Waals surface area contributed by atoms with Crippen molar-refractivity contribution < 1.29 is 9.42 Å². The van der Waals surface area contributed by atoms with Crippen LogP contribution in [-0.4, -0.2) is 54.9 Å². The van der Waals surface area contributed by atoms with Gasteiger partial charge < -0.3 is 5.73 Å². The number of nitrogens with zero attached hydrogens (tertiary/aromatic N) is 7. The van der Waals surface area contributed by atoms with E-state index in [4.69, 9.17) is 17.3 Å². The van der Waals surface area contributed by atoms with Crippen LogP contribution in [0.4, 0.5) is 5.82 Å². The normalized spacial score (nSPS) is 14.9. The number of hydrazone groups is 1. The molecule has 4 rings (SSSR count). The number of carbonyl (C=O) groups is 1. The van der Waals surface area contributed by atoms with Crippen molar-refractivity contribution in [2.24, 2.45) is 5.10 Å². The topological polar surface area (TPSA) is 140 Å². The van der Waals surface area contributed by atoms with Gasteiger partial charge in [0.2, 0.25) is 11.6 Å². The zero-order valence-electron chi connectivity index (χ0n) is 16.2. The minimum Gasteiger partial charge on any atom is -0.378 e. The summed E-state index contributed by atoms with van der Waals surface area (Å²) < 4.78 is 5.86. The van der Waals surface area contributed by atoms with Crippen molar-refractivity contribution in [3.8, 4) is 5.82 Å². The summed E-state index contributed by atoms with van der Waals surface area (Å²) in [4.78, 5) is 15.3. The first kappa shape index (κ1) is 20.0. The van der Waals surface area contributed by atoms with Gasteiger partial charge in [0.25, 0.3) is 5.91 Å². The SMILES string of the molecule is C/C(=N/NC(=O)c1c(CN2CCCC2)nnn1-c1nonc1N)c1ccccc1Cl. The number of rotatable bonds is 6. The molecule has 0 saturated carbocycles. The highest BCUT2D eigenvalue weighted by Crippen LogP contribution is 2.19. The maximum absolute atomic E-state index is 13.1. The number of halogens is 1. The van der Waals surface area contributed by atoms with E-state index in [-0.39, 0.29) is 17.3 Å². The zero-order valence-corrected chi connectivity index (χ0v) is 17.0. The van der Waals surface area contributed by atoms with Gasteiger partial charge >= 0.3 is 0 Å². The van der Waals surface area contributed by atoms with Crippen LogP contribution in [0, 0.1) is 0 Å². The summed E-state index contributed by atoms with van der Waals surface area (Å²) in [7, 11) is 0. The molecule has 0 unspecified atom stereocenters. The molecule has 1 aliphatic rings. The second kappa shape index (κ2) is 8.59. The predicted octanol–water partition coefficient (Wildman–Crippen LogP) is 1.64. The lowest BCUT2D eigenvalue weighted by Crippen LogP contribution is -2.26. The average Bonchev–Trinajstić information content (AvgIpc) is 3.48. The number of likely N-dealkylation sites (tertiary alicyclic amines) is 1. The van der Waals surface area contributed by atoms with E-state index in [2.05, 4.69) is 40.7 Å². The maximum Gasteiger partial charge on any atom is 0.292 e. The third-order valence-electron chi connectivity index (χ3n) is 4.81. The Balaban J connectivity index is 1.64. The number of anilines is 1. The average molecular weight is 430 g/mol. The first-order valence-corrected chi connectivity index (χ1v) is 9.77. The van der Waals surface area contributed by atoms with Crippen molar-refractivity contribution in [3.63, 3.8) is 0 Å². The molecule has 2 aromatic heterocycles. The fourth-order valence-electron chi connectivity index (χ4n) is 3.29. The van der Waals surface area contributed by atoms with Gasteiger partial charge in [-0.1, -0.05) is 35.0 Å². The molecule has 0 radical (unpaired) electrons. The van der Waals surface area contributed by atoms with Gasteiger partial charge in [0, 0.05) is 17.1 Å². The molecular formula is C18H20ClN9O2. The van der Waals surface area contributed by atoms with Crippen molar-refractivity contribution >= 4 is 29.0 Å². The molecule has 3 aromatic rings. The molecule has 0 spiro atoms. The van der Waals surface area contributed by atoms with E-state index >= 15 is 0 Å². The molecule has 0 aliphatic carbocycles. The summed E-state index contributed by atoms with van der Waals surface area (Å²) in [6, 6.07) is 7.24. The van der Waals surface area contributed by atoms with Crippen LogP contribution in [-0.2, 0) is 6.54 Å². The molecule has 3 heterocycles. The Labute approximate surface area is 176 Å². The fourth-order valence-corrected chi connectivity index (χ4v) is 3.56. The van der Waals surface area contributed by atoms with Crippen LogP contribution in [0.25, 0.3) is 5.82 Å². The van der Waals surface area contributed by atoms with Gasteiger partial charge in [0.1, 0.15) is 5.69 Å². The van der Waals surface area contributed by atoms with Crippen LogP contribution < -0.4 is 11.2 Å². The lowest BCUT2D eigenvalue weighted by atomic mass is 10.1. The summed E-state index contributed by atoms with van der Waals surface area (Å²) in [5.74, 6) is -0.424. The summed E-state index contributed by atoms with van der Waals surface area (Å²) in [6.45, 7) is 4.10. The lowest BCUT2D eigenvalue weighted by Gasteiger charge is -2.13. The smallest absolute Gasteiger partial charge is 0.292 e. The molecular weight excluding hydrogens is 410 g/mol. The predicted molar refractivity (Wildman–Crippen MR) is 109 cm³/mol. The molecule has 11 nitrogen and oxygen atoms in total. The van der Waals surface area contributed by atoms with Gasteiger partial charge in [-0.25, -0.2) is 10.1 Å². The fraction of sp³-hybridized carbons (Fsp3) is 0.333. The lowest BCUT2D eigenvalue weighted by molar-refractivity contribution is 0.0945. The zero-order chi connectivity index (χ0) is 21.1. The molecule has 156 valence electrons. The van der Waals surface area contributed by atoms with Crippen molar-refractivity contribution in [1.82, 2.24) is 35.6 Å². The van der Waals surface area contributed by atoms with E-state index in [9.17, 15) is 4.79 Å². The Hall–Kier alpha value is -3.31. The van der Waals surface area contributed by atoms with Gasteiger partial charge in [0.05, 0.1) is 5.71 Å². The minimum absolute atomic E-state index is 0.00239. The Morgan fingerprint density at radius 1 is 1.30 bits per heavy atom. The van der Waals surface area contributed by atoms with E-state index in [1.54, 1.807) is 13.0 Å². The Morgan fingerprint density at radius 3 is 2.77 bits per heavy atom. The van der Waals surface area contributed by atoms with Gasteiger partial charge in [0.15, 0.2) is 5.69 Å². The second-order valence-corrected chi connectivity index (χ2v) is 7.28. The van der Waals surface area contributed by atoms with Crippen LogP contribution in [0.1, 0.15) is 41.5 Å². The van der Waals surface area contributed by atoms with Crippen LogP contribution in [0.3, 0.4) is 0 Å². The Bertz CT molecular complexity index is 1090. The van der Waals surface area contributed by atoms with E-state index in [0.717, 1.165) is 25.9 Å². The van der Waals surface area contributed by atoms with E-state index in [1.807, 2.05) is 18.2 Å². The highest BCUT2D eigenvalue weighted by Gasteiger charge is 2.27. The maximum atomic E-state index is 13.1. The third-order valence-corrected chi connectivity index (χ3v) is 5.14. The van der Waals surface area contributed by atoms with E-state index in [1.165, 1.54) is 4.68 Å². The Morgan fingerprint density at radius 2 is 2.07 bits per heavy atom. The van der Waals surface area contributed by atoms with Crippen molar-refractivity contribution in [2.45, 2.75) is 26.3 Å². The van der Waals surface area contributed by atoms with Gasteiger partial charge in [-0.2, -0.15) is 9.78 Å². The van der Waals surface area contributed by atoms with Gasteiger partial charge in [-0.3, -0.25) is 9.69 Å².